The van der Waals surface area contributed by atoms with Crippen LogP contribution in [-0.4, -0.2) is 60.8 Å². The first kappa shape index (κ1) is 41.2. The molecule has 7 rings (SSSR count). The number of phosphoric acid groups is 2. The summed E-state index contributed by atoms with van der Waals surface area (Å²) in [5.41, 5.74) is 2.95. The van der Waals surface area contributed by atoms with Crippen LogP contribution in [-0.2, 0) is 43.3 Å². The number of benzene rings is 4. The van der Waals surface area contributed by atoms with Crippen LogP contribution in [0.15, 0.2) is 139 Å². The Balaban J connectivity index is 1.20. The number of para-hydroxylation sites is 2. The molecule has 1 fully saturated rings. The van der Waals surface area contributed by atoms with Crippen molar-refractivity contribution >= 4 is 44.9 Å². The first-order valence-electron chi connectivity index (χ1n) is 17.9. The van der Waals surface area contributed by atoms with Crippen molar-refractivity contribution in [3.8, 4) is 11.3 Å². The SMILES string of the molecule is Cc1ccc(-c2cn3c(=O)n(C4OC(COP(=O)(O)OP(=O)(O)OCc5ccccc5)C(OC(=O)Nc5ccccc5)C4OC(=O)Nc4ccccc4)ccc3n2)cc1. The molecule has 1 saturated heterocycles. The minimum absolute atomic E-state index is 0.273. The van der Waals surface area contributed by atoms with Crippen LogP contribution in [0.25, 0.3) is 16.9 Å². The van der Waals surface area contributed by atoms with E-state index in [9.17, 15) is 33.3 Å². The summed E-state index contributed by atoms with van der Waals surface area (Å²) in [5, 5.41) is 5.10. The molecule has 0 spiro atoms. The van der Waals surface area contributed by atoms with Gasteiger partial charge in [-0.25, -0.2) is 28.5 Å². The van der Waals surface area contributed by atoms with Gasteiger partial charge in [-0.3, -0.25) is 28.6 Å². The Labute approximate surface area is 336 Å². The number of hydrogen-bond acceptors (Lipinski definition) is 12. The van der Waals surface area contributed by atoms with Crippen LogP contribution >= 0.6 is 15.6 Å². The zero-order valence-electron chi connectivity index (χ0n) is 31.0. The molecule has 3 heterocycles. The van der Waals surface area contributed by atoms with Crippen molar-refractivity contribution in [1.29, 1.82) is 0 Å². The highest BCUT2D eigenvalue weighted by atomic mass is 31.3. The number of aromatic nitrogens is 3. The number of fused-ring (bicyclic) bond motifs is 1. The molecule has 20 heteroatoms. The standard InChI is InChI=1S/C39H37N5O13P2/c1-26-17-19-28(20-18-26)31-23-44-33(42-31)21-22-43(39(44)47)36-35(56-38(46)41-30-15-9-4-10-16-30)34(55-37(45)40-29-13-7-3-8-14-29)32(54-36)25-53-59(50,51)57-58(48,49)52-24-27-11-5-2-6-12-27/h2-23,32,34-36H,24-25H2,1H3,(H,40,45)(H,41,46)(H,48,49)(H,50,51). The lowest BCUT2D eigenvalue weighted by Crippen LogP contribution is -2.43. The van der Waals surface area contributed by atoms with Gasteiger partial charge in [-0.05, 0) is 42.8 Å². The third-order valence-electron chi connectivity index (χ3n) is 8.82. The van der Waals surface area contributed by atoms with Crippen molar-refractivity contribution in [2.75, 3.05) is 17.2 Å². The Kier molecular flexibility index (Phi) is 12.5. The number of amides is 2. The van der Waals surface area contributed by atoms with Gasteiger partial charge in [-0.1, -0.05) is 96.6 Å². The second-order valence-corrected chi connectivity index (χ2v) is 16.1. The Morgan fingerprint density at radius 2 is 1.32 bits per heavy atom. The minimum atomic E-state index is -5.44. The fourth-order valence-electron chi connectivity index (χ4n) is 6.05. The summed E-state index contributed by atoms with van der Waals surface area (Å²) in [6.07, 6.45) is -5.72. The average molecular weight is 846 g/mol. The molecule has 4 N–H and O–H groups in total. The maximum Gasteiger partial charge on any atom is 0.481 e. The van der Waals surface area contributed by atoms with Crippen LogP contribution in [0, 0.1) is 6.92 Å². The molecule has 0 bridgehead atoms. The maximum atomic E-state index is 14.2. The molecule has 18 nitrogen and oxygen atoms in total. The van der Waals surface area contributed by atoms with Gasteiger partial charge in [-0.2, -0.15) is 4.31 Å². The predicted molar refractivity (Wildman–Crippen MR) is 212 cm³/mol. The number of anilines is 2. The molecular weight excluding hydrogens is 808 g/mol. The Hall–Kier alpha value is -5.94. The lowest BCUT2D eigenvalue weighted by Gasteiger charge is -2.25. The number of carbonyl (C=O) groups excluding carboxylic acids is 2. The van der Waals surface area contributed by atoms with Crippen LogP contribution in [0.5, 0.6) is 0 Å². The topological polar surface area (TPSA) is 227 Å². The second kappa shape index (κ2) is 17.9. The van der Waals surface area contributed by atoms with E-state index < -0.39 is 71.3 Å². The van der Waals surface area contributed by atoms with Gasteiger partial charge in [0.05, 0.1) is 18.9 Å². The molecule has 6 unspecified atom stereocenters. The normalized spacial score (nSPS) is 19.6. The quantitative estimate of drug-likeness (QED) is 0.0806. The van der Waals surface area contributed by atoms with Crippen LogP contribution in [0.2, 0.25) is 0 Å². The van der Waals surface area contributed by atoms with Gasteiger partial charge in [0, 0.05) is 29.3 Å². The summed E-state index contributed by atoms with van der Waals surface area (Å²) < 4.78 is 60.3. The van der Waals surface area contributed by atoms with Crippen LogP contribution in [0.1, 0.15) is 17.4 Å². The van der Waals surface area contributed by atoms with Crippen LogP contribution in [0.3, 0.4) is 0 Å². The van der Waals surface area contributed by atoms with Crippen molar-refractivity contribution in [1.82, 2.24) is 14.0 Å². The minimum Gasteiger partial charge on any atom is -0.439 e. The highest BCUT2D eigenvalue weighted by Crippen LogP contribution is 2.61. The molecule has 0 radical (unpaired) electrons. The number of imidazole rings is 1. The molecule has 2 aromatic heterocycles. The van der Waals surface area contributed by atoms with E-state index in [-0.39, 0.29) is 5.65 Å². The summed E-state index contributed by atoms with van der Waals surface area (Å²) in [7, 11) is -10.6. The number of hydrogen-bond donors (Lipinski definition) is 4. The van der Waals surface area contributed by atoms with Gasteiger partial charge in [0.15, 0.2) is 18.4 Å². The van der Waals surface area contributed by atoms with E-state index in [1.54, 1.807) is 91.0 Å². The molecule has 0 aliphatic carbocycles. The van der Waals surface area contributed by atoms with Crippen LogP contribution < -0.4 is 16.3 Å². The summed E-state index contributed by atoms with van der Waals surface area (Å²) in [4.78, 5) is 66.4. The number of rotatable bonds is 14. The Morgan fingerprint density at radius 3 is 1.93 bits per heavy atom. The van der Waals surface area contributed by atoms with Crippen molar-refractivity contribution in [2.24, 2.45) is 0 Å². The van der Waals surface area contributed by atoms with Gasteiger partial charge in [0.25, 0.3) is 0 Å². The van der Waals surface area contributed by atoms with Gasteiger partial charge in [0.1, 0.15) is 11.8 Å². The van der Waals surface area contributed by atoms with E-state index in [0.29, 0.717) is 22.6 Å². The van der Waals surface area contributed by atoms with E-state index in [1.807, 2.05) is 31.2 Å². The number of nitrogens with zero attached hydrogens (tertiary/aromatic N) is 3. The van der Waals surface area contributed by atoms with Gasteiger partial charge >= 0.3 is 33.5 Å². The van der Waals surface area contributed by atoms with E-state index in [4.69, 9.17) is 23.3 Å². The average Bonchev–Trinajstić information content (AvgIpc) is 3.79. The number of phosphoric ester groups is 2. The molecule has 59 heavy (non-hydrogen) atoms. The molecule has 2 amide bonds. The monoisotopic (exact) mass is 845 g/mol. The summed E-state index contributed by atoms with van der Waals surface area (Å²) >= 11 is 0. The second-order valence-electron chi connectivity index (χ2n) is 13.1. The smallest absolute Gasteiger partial charge is 0.439 e. The predicted octanol–water partition coefficient (Wildman–Crippen LogP) is 7.05. The summed E-state index contributed by atoms with van der Waals surface area (Å²) in [6.45, 7) is 0.527. The lowest BCUT2D eigenvalue weighted by molar-refractivity contribution is -0.0554. The largest absolute Gasteiger partial charge is 0.481 e. The summed E-state index contributed by atoms with van der Waals surface area (Å²) in [5.74, 6) is 0. The molecule has 6 atom stereocenters. The zero-order valence-corrected chi connectivity index (χ0v) is 32.8. The van der Waals surface area contributed by atoms with Crippen molar-refractivity contribution in [2.45, 2.75) is 38.1 Å². The van der Waals surface area contributed by atoms with Crippen LogP contribution in [0.4, 0.5) is 21.0 Å². The maximum absolute atomic E-state index is 14.2. The van der Waals surface area contributed by atoms with E-state index >= 15 is 0 Å². The number of nitrogens with one attached hydrogen (secondary N) is 2. The highest BCUT2D eigenvalue weighted by Gasteiger charge is 2.52. The Morgan fingerprint density at radius 1 is 0.763 bits per heavy atom. The van der Waals surface area contributed by atoms with Gasteiger partial charge in [0.2, 0.25) is 0 Å². The molecule has 1 aliphatic rings. The number of ether oxygens (including phenoxy) is 3. The third-order valence-corrected chi connectivity index (χ3v) is 11.4. The fourth-order valence-corrected chi connectivity index (χ4v) is 8.12. The van der Waals surface area contributed by atoms with Crippen molar-refractivity contribution in [3.63, 3.8) is 0 Å². The third kappa shape index (κ3) is 10.6. The molecule has 6 aromatic rings. The molecule has 0 saturated carbocycles. The molecule has 1 aliphatic heterocycles. The van der Waals surface area contributed by atoms with Crippen molar-refractivity contribution in [3.05, 3.63) is 155 Å². The number of aryl methyl sites for hydroxylation is 1. The number of carbonyl (C=O) groups is 2. The summed E-state index contributed by atoms with van der Waals surface area (Å²) in [6, 6.07) is 33.7. The fraction of sp³-hybridized carbons (Fsp3) is 0.179. The Bertz CT molecular complexity index is 2560. The molecule has 4 aromatic carbocycles. The van der Waals surface area contributed by atoms with E-state index in [0.717, 1.165) is 15.7 Å². The van der Waals surface area contributed by atoms with E-state index in [2.05, 4.69) is 19.9 Å². The zero-order chi connectivity index (χ0) is 41.6. The highest BCUT2D eigenvalue weighted by molar-refractivity contribution is 7.61. The lowest BCUT2D eigenvalue weighted by atomic mass is 10.1. The van der Waals surface area contributed by atoms with Gasteiger partial charge < -0.3 is 24.0 Å². The van der Waals surface area contributed by atoms with E-state index in [1.165, 1.54) is 22.9 Å². The first-order chi connectivity index (χ1) is 28.3. The van der Waals surface area contributed by atoms with Gasteiger partial charge in [-0.15, -0.1) is 0 Å². The van der Waals surface area contributed by atoms with Crippen molar-refractivity contribution < 1.29 is 56.1 Å². The first-order valence-corrected chi connectivity index (χ1v) is 20.9. The molecular formula is C39H37N5O13P2. The molecule has 306 valence electrons.